The number of benzene rings is 1. The molecule has 0 radical (unpaired) electrons. The van der Waals surface area contributed by atoms with Crippen molar-refractivity contribution in [1.29, 1.82) is 0 Å². The molecule has 7 nitrogen and oxygen atoms in total. The lowest BCUT2D eigenvalue weighted by Gasteiger charge is -2.26. The van der Waals surface area contributed by atoms with Crippen LogP contribution >= 0.6 is 0 Å². The summed E-state index contributed by atoms with van der Waals surface area (Å²) >= 11 is 0. The lowest BCUT2D eigenvalue weighted by molar-refractivity contribution is 0.0319. The van der Waals surface area contributed by atoms with Gasteiger partial charge in [0.15, 0.2) is 0 Å². The van der Waals surface area contributed by atoms with Crippen molar-refractivity contribution >= 4 is 0 Å². The van der Waals surface area contributed by atoms with E-state index in [1.165, 1.54) is 6.07 Å². The molecule has 2 aliphatic heterocycles. The molecule has 3 heterocycles. The monoisotopic (exact) mass is 402 g/mol. The topological polar surface area (TPSA) is 60.0 Å². The maximum Gasteiger partial charge on any atom is 0.235 e. The Morgan fingerprint density at radius 2 is 1.90 bits per heavy atom. The second-order valence-electron chi connectivity index (χ2n) is 7.35. The van der Waals surface area contributed by atoms with Gasteiger partial charge in [0.05, 0.1) is 25.6 Å². The van der Waals surface area contributed by atoms with Crippen LogP contribution < -0.4 is 9.47 Å². The van der Waals surface area contributed by atoms with E-state index in [1.807, 2.05) is 12.1 Å². The first-order valence-electron chi connectivity index (χ1n) is 10.1. The van der Waals surface area contributed by atoms with Gasteiger partial charge in [-0.1, -0.05) is 18.2 Å². The number of ether oxygens (including phenoxy) is 3. The zero-order chi connectivity index (χ0) is 19.9. The molecule has 2 aromatic rings. The van der Waals surface area contributed by atoms with Crippen molar-refractivity contribution in [3.8, 4) is 11.8 Å². The van der Waals surface area contributed by atoms with Gasteiger partial charge < -0.3 is 14.2 Å². The smallest absolute Gasteiger partial charge is 0.235 e. The van der Waals surface area contributed by atoms with Crippen LogP contribution in [0.25, 0.3) is 0 Å². The first-order valence-corrected chi connectivity index (χ1v) is 10.1. The minimum absolute atomic E-state index is 0.0136. The van der Waals surface area contributed by atoms with Crippen molar-refractivity contribution in [1.82, 2.24) is 19.8 Å². The van der Waals surface area contributed by atoms with Gasteiger partial charge in [0.1, 0.15) is 18.5 Å². The summed E-state index contributed by atoms with van der Waals surface area (Å²) in [5.74, 6) is 0.772. The van der Waals surface area contributed by atoms with Crippen LogP contribution in [0, 0.1) is 5.82 Å². The molecule has 0 N–H and O–H groups in total. The van der Waals surface area contributed by atoms with E-state index >= 15 is 0 Å². The van der Waals surface area contributed by atoms with Crippen molar-refractivity contribution in [3.63, 3.8) is 0 Å². The molecule has 0 saturated carbocycles. The van der Waals surface area contributed by atoms with Gasteiger partial charge in [0.25, 0.3) is 0 Å². The molecule has 1 atom stereocenters. The second-order valence-corrected chi connectivity index (χ2v) is 7.35. The molecule has 2 fully saturated rings. The third kappa shape index (κ3) is 5.85. The minimum Gasteiger partial charge on any atom is -0.475 e. The number of hydrogen-bond donors (Lipinski definition) is 0. The number of nitrogens with zero attached hydrogens (tertiary/aromatic N) is 4. The average molecular weight is 402 g/mol. The van der Waals surface area contributed by atoms with Gasteiger partial charge in [-0.3, -0.25) is 14.8 Å². The van der Waals surface area contributed by atoms with Crippen LogP contribution in [0.4, 0.5) is 4.39 Å². The Morgan fingerprint density at radius 1 is 1.07 bits per heavy atom. The van der Waals surface area contributed by atoms with Gasteiger partial charge in [-0.2, -0.15) is 4.98 Å². The summed E-state index contributed by atoms with van der Waals surface area (Å²) in [5, 5.41) is 0. The maximum atomic E-state index is 13.9. The third-order valence-corrected chi connectivity index (χ3v) is 5.22. The largest absolute Gasteiger partial charge is 0.475 e. The molecule has 29 heavy (non-hydrogen) atoms. The van der Waals surface area contributed by atoms with E-state index in [9.17, 15) is 4.39 Å². The van der Waals surface area contributed by atoms with Crippen LogP contribution in [0.3, 0.4) is 0 Å². The SMILES string of the molecule is Fc1ccccc1CN1CCC(Oc2cncc(OCCN3CCOCC3)n2)C1. The van der Waals surface area contributed by atoms with Gasteiger partial charge in [0, 0.05) is 44.8 Å². The molecule has 2 aliphatic rings. The molecule has 8 heteroatoms. The fourth-order valence-electron chi connectivity index (χ4n) is 3.64. The number of halogens is 1. The van der Waals surface area contributed by atoms with Gasteiger partial charge in [-0.05, 0) is 12.5 Å². The minimum atomic E-state index is -0.162. The van der Waals surface area contributed by atoms with Crippen molar-refractivity contribution in [2.24, 2.45) is 0 Å². The molecule has 4 rings (SSSR count). The van der Waals surface area contributed by atoms with E-state index in [0.717, 1.165) is 52.4 Å². The van der Waals surface area contributed by atoms with E-state index in [0.29, 0.717) is 30.5 Å². The molecule has 0 bridgehead atoms. The zero-order valence-corrected chi connectivity index (χ0v) is 16.5. The van der Waals surface area contributed by atoms with Gasteiger partial charge in [-0.25, -0.2) is 4.39 Å². The van der Waals surface area contributed by atoms with E-state index < -0.39 is 0 Å². The summed E-state index contributed by atoms with van der Waals surface area (Å²) in [5.41, 5.74) is 0.712. The maximum absolute atomic E-state index is 13.9. The van der Waals surface area contributed by atoms with Crippen LogP contribution in [0.1, 0.15) is 12.0 Å². The highest BCUT2D eigenvalue weighted by Crippen LogP contribution is 2.20. The van der Waals surface area contributed by atoms with Crippen LogP contribution in [0.15, 0.2) is 36.7 Å². The van der Waals surface area contributed by atoms with Crippen molar-refractivity contribution in [3.05, 3.63) is 48.0 Å². The van der Waals surface area contributed by atoms with Crippen LogP contribution in [0.5, 0.6) is 11.8 Å². The summed E-state index contributed by atoms with van der Waals surface area (Å²) in [7, 11) is 0. The van der Waals surface area contributed by atoms with Gasteiger partial charge in [0.2, 0.25) is 11.8 Å². The Balaban J connectivity index is 1.23. The van der Waals surface area contributed by atoms with Crippen molar-refractivity contribution in [2.75, 3.05) is 52.5 Å². The van der Waals surface area contributed by atoms with Crippen LogP contribution in [-0.4, -0.2) is 78.4 Å². The molecular formula is C21H27FN4O3. The normalized spacial score (nSPS) is 20.7. The predicted octanol–water partition coefficient (Wildman–Crippen LogP) is 1.98. The quantitative estimate of drug-likeness (QED) is 0.669. The van der Waals surface area contributed by atoms with Crippen LogP contribution in [-0.2, 0) is 11.3 Å². The predicted molar refractivity (Wildman–Crippen MR) is 105 cm³/mol. The van der Waals surface area contributed by atoms with Crippen LogP contribution in [0.2, 0.25) is 0 Å². The number of hydrogen-bond acceptors (Lipinski definition) is 7. The number of likely N-dealkylation sites (tertiary alicyclic amines) is 1. The Bertz CT molecular complexity index is 788. The highest BCUT2D eigenvalue weighted by molar-refractivity contribution is 5.17. The summed E-state index contributed by atoms with van der Waals surface area (Å²) in [6.07, 6.45) is 4.09. The van der Waals surface area contributed by atoms with Gasteiger partial charge >= 0.3 is 0 Å². The van der Waals surface area contributed by atoms with Crippen molar-refractivity contribution in [2.45, 2.75) is 19.1 Å². The second kappa shape index (κ2) is 9.96. The first kappa shape index (κ1) is 20.0. The highest BCUT2D eigenvalue weighted by atomic mass is 19.1. The number of aromatic nitrogens is 2. The van der Waals surface area contributed by atoms with E-state index in [1.54, 1.807) is 18.5 Å². The molecule has 2 saturated heterocycles. The van der Waals surface area contributed by atoms with E-state index in [4.69, 9.17) is 14.2 Å². The lowest BCUT2D eigenvalue weighted by atomic mass is 10.2. The summed E-state index contributed by atoms with van der Waals surface area (Å²) in [6.45, 7) is 6.99. The molecule has 156 valence electrons. The van der Waals surface area contributed by atoms with E-state index in [2.05, 4.69) is 19.8 Å². The molecule has 0 amide bonds. The fourth-order valence-corrected chi connectivity index (χ4v) is 3.64. The first-order chi connectivity index (χ1) is 14.3. The zero-order valence-electron chi connectivity index (χ0n) is 16.5. The number of rotatable bonds is 8. The highest BCUT2D eigenvalue weighted by Gasteiger charge is 2.25. The summed E-state index contributed by atoms with van der Waals surface area (Å²) in [4.78, 5) is 13.1. The standard InChI is InChI=1S/C21H27FN4O3/c22-19-4-2-1-3-17(19)15-26-6-5-18(16-26)29-21-14-23-13-20(24-21)28-12-9-25-7-10-27-11-8-25/h1-4,13-14,18H,5-12,15-16H2. The Labute approximate surface area is 170 Å². The summed E-state index contributed by atoms with van der Waals surface area (Å²) < 4.78 is 30.9. The molecule has 0 spiro atoms. The Kier molecular flexibility index (Phi) is 6.87. The Morgan fingerprint density at radius 3 is 2.76 bits per heavy atom. The summed E-state index contributed by atoms with van der Waals surface area (Å²) in [6, 6.07) is 6.90. The fraction of sp³-hybridized carbons (Fsp3) is 0.524. The number of morpholine rings is 1. The lowest BCUT2D eigenvalue weighted by Crippen LogP contribution is -2.38. The van der Waals surface area contributed by atoms with Gasteiger partial charge in [-0.15, -0.1) is 0 Å². The van der Waals surface area contributed by atoms with E-state index in [-0.39, 0.29) is 11.9 Å². The molecule has 1 unspecified atom stereocenters. The third-order valence-electron chi connectivity index (χ3n) is 5.22. The molecule has 1 aromatic heterocycles. The molecular weight excluding hydrogens is 375 g/mol. The average Bonchev–Trinajstić information content (AvgIpc) is 3.18. The molecule has 0 aliphatic carbocycles. The Hall–Kier alpha value is -2.29. The molecule has 1 aromatic carbocycles. The van der Waals surface area contributed by atoms with Crippen molar-refractivity contribution < 1.29 is 18.6 Å².